The molecule has 1 aromatic rings. The van der Waals surface area contributed by atoms with Gasteiger partial charge in [-0.1, -0.05) is 6.92 Å². The Kier molecular flexibility index (Phi) is 7.00. The van der Waals surface area contributed by atoms with Gasteiger partial charge < -0.3 is 14.8 Å². The van der Waals surface area contributed by atoms with Crippen molar-refractivity contribution >= 4 is 41.7 Å². The number of thioether (sulfide) groups is 1. The third-order valence-electron chi connectivity index (χ3n) is 4.36. The first-order valence-electron chi connectivity index (χ1n) is 8.19. The van der Waals surface area contributed by atoms with E-state index < -0.39 is 0 Å². The summed E-state index contributed by atoms with van der Waals surface area (Å²) in [6.45, 7) is 7.01. The molecule has 130 valence electrons. The Morgan fingerprint density at radius 2 is 2.17 bits per heavy atom. The maximum atomic E-state index is 4.84. The topological polar surface area (TPSA) is 58.3 Å². The minimum atomic E-state index is 0. The molecule has 1 aliphatic carbocycles. The lowest BCUT2D eigenvalue weighted by atomic mass is 10.3. The zero-order valence-electron chi connectivity index (χ0n) is 14.2. The molecule has 8 heteroatoms. The van der Waals surface area contributed by atoms with Crippen molar-refractivity contribution in [1.82, 2.24) is 25.0 Å². The minimum absolute atomic E-state index is 0. The Balaban J connectivity index is 0.00000192. The summed E-state index contributed by atoms with van der Waals surface area (Å²) < 4.78 is 2.01. The molecule has 0 bridgehead atoms. The second-order valence-electron chi connectivity index (χ2n) is 6.13. The molecule has 1 aliphatic heterocycles. The number of hydrogen-bond acceptors (Lipinski definition) is 4. The van der Waals surface area contributed by atoms with Crippen molar-refractivity contribution in [3.63, 3.8) is 0 Å². The smallest absolute Gasteiger partial charge is 0.194 e. The summed E-state index contributed by atoms with van der Waals surface area (Å²) >= 11 is 2.09. The molecule has 0 amide bonds. The predicted octanol–water partition coefficient (Wildman–Crippen LogP) is 2.18. The van der Waals surface area contributed by atoms with E-state index in [1.54, 1.807) is 0 Å². The molecule has 0 radical (unpaired) electrons. The number of guanidine groups is 1. The Morgan fingerprint density at radius 1 is 1.39 bits per heavy atom. The van der Waals surface area contributed by atoms with Crippen LogP contribution >= 0.6 is 35.7 Å². The Labute approximate surface area is 159 Å². The largest absolute Gasteiger partial charge is 0.353 e. The van der Waals surface area contributed by atoms with Gasteiger partial charge in [0.2, 0.25) is 0 Å². The minimum Gasteiger partial charge on any atom is -0.353 e. The highest BCUT2D eigenvalue weighted by Gasteiger charge is 2.27. The van der Waals surface area contributed by atoms with E-state index in [-0.39, 0.29) is 24.0 Å². The van der Waals surface area contributed by atoms with E-state index in [0.29, 0.717) is 12.6 Å². The van der Waals surface area contributed by atoms with Gasteiger partial charge in [-0.2, -0.15) is 11.8 Å². The quantitative estimate of drug-likeness (QED) is 0.433. The van der Waals surface area contributed by atoms with Gasteiger partial charge in [-0.25, -0.2) is 4.99 Å². The van der Waals surface area contributed by atoms with Gasteiger partial charge in [0.05, 0.1) is 0 Å². The highest BCUT2D eigenvalue weighted by Crippen LogP contribution is 2.23. The van der Waals surface area contributed by atoms with Crippen molar-refractivity contribution in [1.29, 1.82) is 0 Å². The summed E-state index contributed by atoms with van der Waals surface area (Å²) in [5.41, 5.74) is 0. The fourth-order valence-corrected chi connectivity index (χ4v) is 3.72. The molecule has 3 rings (SSSR count). The van der Waals surface area contributed by atoms with Crippen LogP contribution in [0.2, 0.25) is 0 Å². The average molecular weight is 450 g/mol. The zero-order chi connectivity index (χ0) is 15.5. The van der Waals surface area contributed by atoms with Crippen LogP contribution in [-0.2, 0) is 13.6 Å². The lowest BCUT2D eigenvalue weighted by Crippen LogP contribution is -2.48. The van der Waals surface area contributed by atoms with E-state index in [1.165, 1.54) is 25.0 Å². The van der Waals surface area contributed by atoms with E-state index in [2.05, 4.69) is 39.1 Å². The third-order valence-corrected chi connectivity index (χ3v) is 5.73. The van der Waals surface area contributed by atoms with Crippen molar-refractivity contribution in [2.75, 3.05) is 18.8 Å². The number of nitrogens with zero attached hydrogens (tertiary/aromatic N) is 5. The molecule has 1 saturated heterocycles. The number of nitrogens with one attached hydrogen (secondary N) is 1. The molecule has 0 spiro atoms. The predicted molar refractivity (Wildman–Crippen MR) is 107 cm³/mol. The first-order valence-corrected chi connectivity index (χ1v) is 9.24. The van der Waals surface area contributed by atoms with Gasteiger partial charge >= 0.3 is 0 Å². The molecule has 1 atom stereocenters. The summed E-state index contributed by atoms with van der Waals surface area (Å²) in [4.78, 5) is 7.26. The second-order valence-corrected chi connectivity index (χ2v) is 7.54. The van der Waals surface area contributed by atoms with Crippen molar-refractivity contribution in [2.24, 2.45) is 12.0 Å². The Hall–Kier alpha value is -0.510. The maximum absolute atomic E-state index is 4.84. The van der Waals surface area contributed by atoms with Crippen molar-refractivity contribution in [3.8, 4) is 0 Å². The van der Waals surface area contributed by atoms with Crippen LogP contribution in [0.5, 0.6) is 0 Å². The summed E-state index contributed by atoms with van der Waals surface area (Å²) in [7, 11) is 2.00. The fraction of sp³-hybridized carbons (Fsp3) is 0.800. The van der Waals surface area contributed by atoms with Crippen LogP contribution in [0.4, 0.5) is 0 Å². The molecule has 6 nitrogen and oxygen atoms in total. The zero-order valence-corrected chi connectivity index (χ0v) is 17.3. The number of halogens is 1. The van der Waals surface area contributed by atoms with Crippen molar-refractivity contribution < 1.29 is 0 Å². The van der Waals surface area contributed by atoms with E-state index >= 15 is 0 Å². The lowest BCUT2D eigenvalue weighted by molar-refractivity contribution is 0.406. The van der Waals surface area contributed by atoms with E-state index in [9.17, 15) is 0 Å². The van der Waals surface area contributed by atoms with Crippen molar-refractivity contribution in [2.45, 2.75) is 50.9 Å². The van der Waals surface area contributed by atoms with Crippen LogP contribution in [0.15, 0.2) is 4.99 Å². The van der Waals surface area contributed by atoms with Crippen LogP contribution < -0.4 is 5.32 Å². The van der Waals surface area contributed by atoms with E-state index in [4.69, 9.17) is 4.99 Å². The molecule has 0 aromatic carbocycles. The number of aromatic nitrogens is 3. The van der Waals surface area contributed by atoms with Gasteiger partial charge in [0.1, 0.15) is 12.4 Å². The number of rotatable bonds is 4. The van der Waals surface area contributed by atoms with Gasteiger partial charge in [0.15, 0.2) is 11.8 Å². The van der Waals surface area contributed by atoms with E-state index in [0.717, 1.165) is 35.9 Å². The summed E-state index contributed by atoms with van der Waals surface area (Å²) in [5, 5.41) is 12.7. The highest BCUT2D eigenvalue weighted by molar-refractivity contribution is 14.0. The second kappa shape index (κ2) is 8.55. The average Bonchev–Trinajstić information content (AvgIpc) is 3.31. The molecule has 1 N–H and O–H groups in total. The third kappa shape index (κ3) is 4.98. The molecule has 2 aliphatic rings. The molecule has 1 aromatic heterocycles. The molecule has 23 heavy (non-hydrogen) atoms. The molecule has 2 fully saturated rings. The van der Waals surface area contributed by atoms with Gasteiger partial charge in [-0.3, -0.25) is 0 Å². The number of aryl methyl sites for hydroxylation is 1. The molecule has 2 heterocycles. The maximum Gasteiger partial charge on any atom is 0.194 e. The van der Waals surface area contributed by atoms with Crippen LogP contribution in [0, 0.1) is 6.92 Å². The van der Waals surface area contributed by atoms with Gasteiger partial charge in [0, 0.05) is 37.2 Å². The van der Waals surface area contributed by atoms with Crippen LogP contribution in [0.3, 0.4) is 0 Å². The molecule has 1 saturated carbocycles. The van der Waals surface area contributed by atoms with Gasteiger partial charge in [-0.15, -0.1) is 34.2 Å². The first-order chi connectivity index (χ1) is 10.7. The van der Waals surface area contributed by atoms with Gasteiger partial charge in [0.25, 0.3) is 0 Å². The highest BCUT2D eigenvalue weighted by atomic mass is 127. The normalized spacial score (nSPS) is 22.0. The van der Waals surface area contributed by atoms with Crippen molar-refractivity contribution in [3.05, 3.63) is 11.6 Å². The molecule has 1 unspecified atom stereocenters. The standard InChI is InChI=1S/C15H26N6S.HI/c1-4-13-10-21(7-8-22-13)15(17-12-5-6-12)16-9-14-19-18-11(2)20(14)3;/h12-13H,4-10H2,1-3H3,(H,16,17);1H. The van der Waals surface area contributed by atoms with Crippen LogP contribution in [0.1, 0.15) is 37.8 Å². The summed E-state index contributed by atoms with van der Waals surface area (Å²) in [5.74, 6) is 4.10. The monoisotopic (exact) mass is 450 g/mol. The Bertz CT molecular complexity index is 542. The van der Waals surface area contributed by atoms with Gasteiger partial charge in [-0.05, 0) is 26.2 Å². The van der Waals surface area contributed by atoms with Crippen LogP contribution in [-0.4, -0.2) is 55.8 Å². The van der Waals surface area contributed by atoms with E-state index in [1.807, 2.05) is 18.5 Å². The SMILES string of the molecule is CCC1CN(C(=NCc2nnc(C)n2C)NC2CC2)CCS1.I. The summed E-state index contributed by atoms with van der Waals surface area (Å²) in [6, 6.07) is 0.620. The lowest BCUT2D eigenvalue weighted by Gasteiger charge is -2.34. The summed E-state index contributed by atoms with van der Waals surface area (Å²) in [6.07, 6.45) is 3.75. The first kappa shape index (κ1) is 18.8. The number of hydrogen-bond donors (Lipinski definition) is 1. The number of aliphatic imine (C=N–C) groups is 1. The fourth-order valence-electron chi connectivity index (χ4n) is 2.54. The molecular formula is C15H27IN6S. The Morgan fingerprint density at radius 3 is 2.78 bits per heavy atom. The van der Waals surface area contributed by atoms with Crippen LogP contribution in [0.25, 0.3) is 0 Å². The molecular weight excluding hydrogens is 423 g/mol.